The van der Waals surface area contributed by atoms with Crippen molar-refractivity contribution in [3.63, 3.8) is 0 Å². The number of carbonyl (C=O) groups is 1. The van der Waals surface area contributed by atoms with E-state index in [2.05, 4.69) is 25.5 Å². The fourth-order valence-corrected chi connectivity index (χ4v) is 4.22. The average Bonchev–Trinajstić information content (AvgIpc) is 3.30. The average molecular weight is 456 g/mol. The summed E-state index contributed by atoms with van der Waals surface area (Å²) in [7, 11) is 0. The van der Waals surface area contributed by atoms with Crippen LogP contribution in [0.25, 0.3) is 0 Å². The van der Waals surface area contributed by atoms with E-state index in [-0.39, 0.29) is 29.9 Å². The van der Waals surface area contributed by atoms with Crippen LogP contribution >= 0.6 is 12.4 Å². The third kappa shape index (κ3) is 5.03. The number of carbonyl (C=O) groups excluding carboxylic acids is 1. The zero-order valence-electron chi connectivity index (χ0n) is 17.3. The van der Waals surface area contributed by atoms with E-state index < -0.39 is 11.7 Å². The van der Waals surface area contributed by atoms with Crippen LogP contribution in [0.4, 0.5) is 30.6 Å². The van der Waals surface area contributed by atoms with Crippen LogP contribution < -0.4 is 15.5 Å². The second-order valence-electron chi connectivity index (χ2n) is 7.93. The Balaban J connectivity index is 0.00000272. The highest BCUT2D eigenvalue weighted by molar-refractivity contribution is 5.85. The van der Waals surface area contributed by atoms with Crippen molar-refractivity contribution >= 4 is 35.8 Å². The molecule has 1 aromatic carbocycles. The molecule has 0 bridgehead atoms. The van der Waals surface area contributed by atoms with Crippen LogP contribution in [0.3, 0.4) is 0 Å². The summed E-state index contributed by atoms with van der Waals surface area (Å²) in [6.07, 6.45) is -0.903. The van der Waals surface area contributed by atoms with Crippen molar-refractivity contribution in [1.29, 1.82) is 0 Å². The first-order chi connectivity index (χ1) is 14.2. The molecule has 1 atom stereocenters. The zero-order valence-corrected chi connectivity index (χ0v) is 18.2. The second-order valence-corrected chi connectivity index (χ2v) is 7.93. The van der Waals surface area contributed by atoms with Gasteiger partial charge in [0.05, 0.1) is 11.3 Å². The first kappa shape index (κ1) is 23.1. The van der Waals surface area contributed by atoms with Crippen LogP contribution in [-0.2, 0) is 23.8 Å². The molecule has 2 heterocycles. The number of rotatable bonds is 4. The number of hydrogen-bond donors (Lipinski definition) is 2. The fraction of sp³-hybridized carbons (Fsp3) is 0.476. The summed E-state index contributed by atoms with van der Waals surface area (Å²) in [5, 5.41) is 5.91. The Hall–Kier alpha value is -2.55. The van der Waals surface area contributed by atoms with Gasteiger partial charge in [0, 0.05) is 37.3 Å². The molecule has 2 aromatic rings. The molecule has 4 rings (SSSR count). The lowest BCUT2D eigenvalue weighted by Gasteiger charge is -2.22. The van der Waals surface area contributed by atoms with E-state index in [4.69, 9.17) is 0 Å². The Morgan fingerprint density at radius 1 is 1.23 bits per heavy atom. The smallest absolute Gasteiger partial charge is 0.354 e. The highest BCUT2D eigenvalue weighted by atomic mass is 35.5. The van der Waals surface area contributed by atoms with Crippen molar-refractivity contribution in [1.82, 2.24) is 15.3 Å². The minimum atomic E-state index is -4.42. The Kier molecular flexibility index (Phi) is 6.64. The van der Waals surface area contributed by atoms with Crippen molar-refractivity contribution in [2.45, 2.75) is 51.7 Å². The quantitative estimate of drug-likeness (QED) is 0.724. The molecule has 1 aliphatic heterocycles. The predicted octanol–water partition coefficient (Wildman–Crippen LogP) is 4.17. The van der Waals surface area contributed by atoms with Gasteiger partial charge in [0.1, 0.15) is 5.82 Å². The maximum Gasteiger partial charge on any atom is 0.416 e. The molecule has 0 radical (unpaired) electrons. The van der Waals surface area contributed by atoms with E-state index in [0.717, 1.165) is 55.4 Å². The molecule has 0 spiro atoms. The van der Waals surface area contributed by atoms with E-state index >= 15 is 0 Å². The first-order valence-electron chi connectivity index (χ1n) is 10.1. The lowest BCUT2D eigenvalue weighted by Crippen LogP contribution is -2.36. The number of nitrogens with zero attached hydrogens (tertiary/aromatic N) is 3. The normalized spacial score (nSPS) is 17.8. The molecule has 0 saturated carbocycles. The number of fused-ring (bicyclic) bond motifs is 1. The molecule has 1 aliphatic carbocycles. The van der Waals surface area contributed by atoms with Crippen molar-refractivity contribution in [3.05, 3.63) is 40.6 Å². The van der Waals surface area contributed by atoms with Gasteiger partial charge in [0.15, 0.2) is 0 Å². The van der Waals surface area contributed by atoms with Gasteiger partial charge >= 0.3 is 6.18 Å². The van der Waals surface area contributed by atoms with Crippen LogP contribution in [0.2, 0.25) is 0 Å². The number of halogens is 4. The van der Waals surface area contributed by atoms with Gasteiger partial charge < -0.3 is 15.5 Å². The van der Waals surface area contributed by atoms with Crippen molar-refractivity contribution in [2.24, 2.45) is 0 Å². The number of hydrogen-bond acceptors (Lipinski definition) is 5. The Morgan fingerprint density at radius 3 is 2.71 bits per heavy atom. The molecule has 6 nitrogen and oxygen atoms in total. The van der Waals surface area contributed by atoms with Gasteiger partial charge in [-0.2, -0.15) is 18.2 Å². The molecular weight excluding hydrogens is 431 g/mol. The van der Waals surface area contributed by atoms with Crippen LogP contribution in [0, 0.1) is 6.92 Å². The van der Waals surface area contributed by atoms with E-state index in [1.807, 2.05) is 0 Å². The third-order valence-corrected chi connectivity index (χ3v) is 5.61. The number of aryl methyl sites for hydroxylation is 2. The predicted molar refractivity (Wildman–Crippen MR) is 115 cm³/mol. The van der Waals surface area contributed by atoms with Crippen molar-refractivity contribution in [3.8, 4) is 0 Å². The second kappa shape index (κ2) is 8.90. The standard InChI is InChI=1S/C21H24F3N5O.ClH/c1-12-6-7-14(10-17(12)21(22,23)24)26-20-27-18-5-3-4-16(18)19(28-20)29-9-8-15(11-29)25-13(2)30;/h6-7,10,15H,3-5,8-9,11H2,1-2H3,(H,25,30)(H,26,27,28);1H. The molecule has 1 aromatic heterocycles. The van der Waals surface area contributed by atoms with Gasteiger partial charge in [-0.05, 0) is 50.3 Å². The van der Waals surface area contributed by atoms with E-state index in [0.29, 0.717) is 18.2 Å². The number of amides is 1. The molecule has 2 N–H and O–H groups in total. The highest BCUT2D eigenvalue weighted by Crippen LogP contribution is 2.35. The molecule has 1 unspecified atom stereocenters. The van der Waals surface area contributed by atoms with Gasteiger partial charge in [0.25, 0.3) is 0 Å². The molecule has 1 saturated heterocycles. The van der Waals surface area contributed by atoms with Gasteiger partial charge in [-0.1, -0.05) is 6.07 Å². The zero-order chi connectivity index (χ0) is 21.5. The van der Waals surface area contributed by atoms with Crippen LogP contribution in [0.5, 0.6) is 0 Å². The summed E-state index contributed by atoms with van der Waals surface area (Å²) in [6, 6.07) is 4.20. The lowest BCUT2D eigenvalue weighted by molar-refractivity contribution is -0.138. The maximum atomic E-state index is 13.2. The fourth-order valence-electron chi connectivity index (χ4n) is 4.22. The van der Waals surface area contributed by atoms with Crippen LogP contribution in [-0.4, -0.2) is 35.0 Å². The largest absolute Gasteiger partial charge is 0.416 e. The van der Waals surface area contributed by atoms with Gasteiger partial charge in [-0.3, -0.25) is 4.79 Å². The SMILES string of the molecule is CC(=O)NC1CCN(c2nc(Nc3ccc(C)c(C(F)(F)F)c3)nc3c2CCC3)C1.Cl. The summed E-state index contributed by atoms with van der Waals surface area (Å²) >= 11 is 0. The molecule has 10 heteroatoms. The monoisotopic (exact) mass is 455 g/mol. The number of anilines is 3. The van der Waals surface area contributed by atoms with Gasteiger partial charge in [-0.15, -0.1) is 12.4 Å². The molecule has 1 fully saturated rings. The topological polar surface area (TPSA) is 70.2 Å². The number of aromatic nitrogens is 2. The first-order valence-corrected chi connectivity index (χ1v) is 10.1. The summed E-state index contributed by atoms with van der Waals surface area (Å²) in [5.41, 5.74) is 1.84. The molecular formula is C21H25ClF3N5O. The van der Waals surface area contributed by atoms with Crippen molar-refractivity contribution in [2.75, 3.05) is 23.3 Å². The van der Waals surface area contributed by atoms with Crippen LogP contribution in [0.1, 0.15) is 42.1 Å². The Morgan fingerprint density at radius 2 is 2.00 bits per heavy atom. The van der Waals surface area contributed by atoms with E-state index in [9.17, 15) is 18.0 Å². The number of benzene rings is 1. The van der Waals surface area contributed by atoms with Crippen molar-refractivity contribution < 1.29 is 18.0 Å². The highest BCUT2D eigenvalue weighted by Gasteiger charge is 2.33. The minimum absolute atomic E-state index is 0. The van der Waals surface area contributed by atoms with Gasteiger partial charge in [0.2, 0.25) is 11.9 Å². The maximum absolute atomic E-state index is 13.2. The van der Waals surface area contributed by atoms with Gasteiger partial charge in [-0.25, -0.2) is 4.98 Å². The summed E-state index contributed by atoms with van der Waals surface area (Å²) < 4.78 is 39.7. The summed E-state index contributed by atoms with van der Waals surface area (Å²) in [5.74, 6) is 1.05. The van der Waals surface area contributed by atoms with E-state index in [1.165, 1.54) is 19.9 Å². The molecule has 168 valence electrons. The number of alkyl halides is 3. The lowest BCUT2D eigenvalue weighted by atomic mass is 10.1. The molecule has 1 amide bonds. The summed E-state index contributed by atoms with van der Waals surface area (Å²) in [4.78, 5) is 22.7. The summed E-state index contributed by atoms with van der Waals surface area (Å²) in [6.45, 7) is 4.36. The number of nitrogens with one attached hydrogen (secondary N) is 2. The van der Waals surface area contributed by atoms with Crippen LogP contribution in [0.15, 0.2) is 18.2 Å². The minimum Gasteiger partial charge on any atom is -0.354 e. The van der Waals surface area contributed by atoms with E-state index in [1.54, 1.807) is 6.07 Å². The Bertz CT molecular complexity index is 982. The Labute approximate surface area is 185 Å². The molecule has 2 aliphatic rings. The molecule has 31 heavy (non-hydrogen) atoms. The third-order valence-electron chi connectivity index (χ3n) is 5.61.